The van der Waals surface area contributed by atoms with Gasteiger partial charge in [-0.05, 0) is 47.9 Å². The topological polar surface area (TPSA) is 87.7 Å². The Bertz CT molecular complexity index is 1190. The summed E-state index contributed by atoms with van der Waals surface area (Å²) in [6, 6.07) is 21.1. The highest BCUT2D eigenvalue weighted by atomic mass is 32.2. The third-order valence-electron chi connectivity index (χ3n) is 5.98. The van der Waals surface area contributed by atoms with Crippen molar-refractivity contribution in [1.82, 2.24) is 14.9 Å². The van der Waals surface area contributed by atoms with Gasteiger partial charge in [-0.3, -0.25) is 9.69 Å². The number of hydrogen-bond acceptors (Lipinski definition) is 5. The zero-order chi connectivity index (χ0) is 23.8. The molecule has 0 bridgehead atoms. The summed E-state index contributed by atoms with van der Waals surface area (Å²) in [6.07, 6.45) is 1.06. The summed E-state index contributed by atoms with van der Waals surface area (Å²) in [7, 11) is -3.90. The van der Waals surface area contributed by atoms with Gasteiger partial charge in [-0.25, -0.2) is 8.42 Å². The fourth-order valence-corrected chi connectivity index (χ4v) is 5.32. The van der Waals surface area contributed by atoms with Crippen molar-refractivity contribution in [2.45, 2.75) is 23.8 Å². The molecule has 34 heavy (non-hydrogen) atoms. The molecular weight excluding hydrogens is 450 g/mol. The number of sulfonamides is 1. The van der Waals surface area contributed by atoms with E-state index in [0.29, 0.717) is 6.54 Å². The molecule has 2 N–H and O–H groups in total. The van der Waals surface area contributed by atoms with Gasteiger partial charge in [-0.1, -0.05) is 60.7 Å². The summed E-state index contributed by atoms with van der Waals surface area (Å²) in [5, 5.41) is 4.71. The number of morpholine rings is 1. The molecule has 0 aliphatic carbocycles. The van der Waals surface area contributed by atoms with Gasteiger partial charge in [0.2, 0.25) is 15.9 Å². The van der Waals surface area contributed by atoms with E-state index in [1.54, 1.807) is 18.2 Å². The lowest BCUT2D eigenvalue weighted by atomic mass is 10.1. The number of nitrogens with zero attached hydrogens (tertiary/aromatic N) is 1. The first-order chi connectivity index (χ1) is 16.5. The second-order valence-electron chi connectivity index (χ2n) is 8.47. The Morgan fingerprint density at radius 2 is 1.65 bits per heavy atom. The maximum Gasteiger partial charge on any atom is 0.241 e. The summed E-state index contributed by atoms with van der Waals surface area (Å²) in [5.74, 6) is -0.324. The second kappa shape index (κ2) is 11.6. The minimum absolute atomic E-state index is 0.143. The van der Waals surface area contributed by atoms with E-state index in [-0.39, 0.29) is 17.2 Å². The minimum atomic E-state index is -3.90. The smallest absolute Gasteiger partial charge is 0.241 e. The average molecular weight is 482 g/mol. The van der Waals surface area contributed by atoms with Crippen LogP contribution in [-0.4, -0.2) is 64.7 Å². The van der Waals surface area contributed by atoms with E-state index in [4.69, 9.17) is 4.74 Å². The van der Waals surface area contributed by atoms with Crippen LogP contribution in [0.4, 0.5) is 0 Å². The molecule has 8 heteroatoms. The third kappa shape index (κ3) is 6.64. The Kier molecular flexibility index (Phi) is 8.29. The number of rotatable bonds is 10. The molecule has 7 nitrogen and oxygen atoms in total. The van der Waals surface area contributed by atoms with E-state index < -0.39 is 16.1 Å². The molecule has 4 rings (SSSR count). The summed E-state index contributed by atoms with van der Waals surface area (Å²) >= 11 is 0. The maximum atomic E-state index is 13.2. The largest absolute Gasteiger partial charge is 0.379 e. The molecule has 1 heterocycles. The van der Waals surface area contributed by atoms with E-state index in [9.17, 15) is 13.2 Å². The average Bonchev–Trinajstić information content (AvgIpc) is 2.87. The van der Waals surface area contributed by atoms with Crippen LogP contribution < -0.4 is 10.0 Å². The molecule has 1 aliphatic heterocycles. The summed E-state index contributed by atoms with van der Waals surface area (Å²) in [4.78, 5) is 15.5. The molecule has 1 atom stereocenters. The Hall–Kier alpha value is -2.78. The lowest BCUT2D eigenvalue weighted by molar-refractivity contribution is -0.122. The van der Waals surface area contributed by atoms with Crippen LogP contribution in [0.3, 0.4) is 0 Å². The number of hydrogen-bond donors (Lipinski definition) is 2. The van der Waals surface area contributed by atoms with Gasteiger partial charge in [0.05, 0.1) is 18.1 Å². The molecule has 1 amide bonds. The quantitative estimate of drug-likeness (QED) is 0.435. The van der Waals surface area contributed by atoms with E-state index in [0.717, 1.165) is 55.6 Å². The predicted octanol–water partition coefficient (Wildman–Crippen LogP) is 2.57. The zero-order valence-electron chi connectivity index (χ0n) is 19.2. The van der Waals surface area contributed by atoms with Crippen LogP contribution in [0.25, 0.3) is 10.8 Å². The van der Waals surface area contributed by atoms with Gasteiger partial charge >= 0.3 is 0 Å². The molecule has 1 fully saturated rings. The molecule has 1 aliphatic rings. The highest BCUT2D eigenvalue weighted by Crippen LogP contribution is 2.19. The summed E-state index contributed by atoms with van der Waals surface area (Å²) < 4.78 is 34.4. The van der Waals surface area contributed by atoms with Crippen molar-refractivity contribution in [3.63, 3.8) is 0 Å². The summed E-state index contributed by atoms with van der Waals surface area (Å²) in [6.45, 7) is 4.63. The van der Waals surface area contributed by atoms with Gasteiger partial charge < -0.3 is 10.1 Å². The number of benzene rings is 3. The van der Waals surface area contributed by atoms with Crippen molar-refractivity contribution in [2.75, 3.05) is 39.4 Å². The summed E-state index contributed by atoms with van der Waals surface area (Å²) in [5.41, 5.74) is 0.886. The van der Waals surface area contributed by atoms with Crippen molar-refractivity contribution in [3.05, 3.63) is 78.4 Å². The molecular formula is C26H31N3O4S. The number of fused-ring (bicyclic) bond motifs is 1. The van der Waals surface area contributed by atoms with Gasteiger partial charge in [-0.15, -0.1) is 0 Å². The molecule has 3 aromatic carbocycles. The molecule has 0 aromatic heterocycles. The van der Waals surface area contributed by atoms with Crippen molar-refractivity contribution in [3.8, 4) is 0 Å². The monoisotopic (exact) mass is 481 g/mol. The SMILES string of the molecule is O=C(NCCCN1CCOCC1)C(Cc1ccccc1)NS(=O)(=O)c1ccc2ccccc2c1. The van der Waals surface area contributed by atoms with Crippen molar-refractivity contribution in [1.29, 1.82) is 0 Å². The van der Waals surface area contributed by atoms with Gasteiger partial charge in [0, 0.05) is 19.6 Å². The number of carbonyl (C=O) groups is 1. The lowest BCUT2D eigenvalue weighted by Gasteiger charge is -2.26. The number of nitrogens with one attached hydrogen (secondary N) is 2. The predicted molar refractivity (Wildman–Crippen MR) is 133 cm³/mol. The molecule has 0 radical (unpaired) electrons. The van der Waals surface area contributed by atoms with Crippen molar-refractivity contribution >= 4 is 26.7 Å². The van der Waals surface area contributed by atoms with Crippen LogP contribution in [-0.2, 0) is 26.0 Å². The molecule has 1 unspecified atom stereocenters. The molecule has 1 saturated heterocycles. The normalized spacial score (nSPS) is 15.8. The minimum Gasteiger partial charge on any atom is -0.379 e. The first kappa shape index (κ1) is 24.3. The zero-order valence-corrected chi connectivity index (χ0v) is 20.0. The molecule has 3 aromatic rings. The number of ether oxygens (including phenoxy) is 1. The molecule has 180 valence electrons. The second-order valence-corrected chi connectivity index (χ2v) is 10.2. The first-order valence-electron chi connectivity index (χ1n) is 11.6. The van der Waals surface area contributed by atoms with Crippen LogP contribution in [0.15, 0.2) is 77.7 Å². The van der Waals surface area contributed by atoms with Crippen LogP contribution in [0, 0.1) is 0 Å². The highest BCUT2D eigenvalue weighted by Gasteiger charge is 2.26. The number of amides is 1. The van der Waals surface area contributed by atoms with Crippen LogP contribution in [0.1, 0.15) is 12.0 Å². The Morgan fingerprint density at radius 1 is 0.941 bits per heavy atom. The maximum absolute atomic E-state index is 13.2. The van der Waals surface area contributed by atoms with E-state index >= 15 is 0 Å². The van der Waals surface area contributed by atoms with Crippen molar-refractivity contribution < 1.29 is 17.9 Å². The van der Waals surface area contributed by atoms with Gasteiger partial charge in [0.25, 0.3) is 0 Å². The Morgan fingerprint density at radius 3 is 2.41 bits per heavy atom. The van der Waals surface area contributed by atoms with Crippen LogP contribution in [0.5, 0.6) is 0 Å². The van der Waals surface area contributed by atoms with Crippen LogP contribution >= 0.6 is 0 Å². The van der Waals surface area contributed by atoms with E-state index in [2.05, 4.69) is 14.9 Å². The highest BCUT2D eigenvalue weighted by molar-refractivity contribution is 7.89. The van der Waals surface area contributed by atoms with Gasteiger partial charge in [0.1, 0.15) is 6.04 Å². The van der Waals surface area contributed by atoms with Crippen molar-refractivity contribution in [2.24, 2.45) is 0 Å². The fraction of sp³-hybridized carbons (Fsp3) is 0.346. The molecule has 0 saturated carbocycles. The lowest BCUT2D eigenvalue weighted by Crippen LogP contribution is -2.48. The fourth-order valence-electron chi connectivity index (χ4n) is 4.09. The van der Waals surface area contributed by atoms with Gasteiger partial charge in [0.15, 0.2) is 0 Å². The third-order valence-corrected chi connectivity index (χ3v) is 7.45. The Balaban J connectivity index is 1.44. The Labute approximate surface area is 201 Å². The standard InChI is InChI=1S/C26H31N3O4S/c30-26(27-13-6-14-29-15-17-33-18-16-29)25(19-21-7-2-1-3-8-21)28-34(31,32)24-12-11-22-9-4-5-10-23(22)20-24/h1-5,7-12,20,25,28H,6,13-19H2,(H,27,30). The van der Waals surface area contributed by atoms with Gasteiger partial charge in [-0.2, -0.15) is 4.72 Å². The first-order valence-corrected chi connectivity index (χ1v) is 13.1. The van der Waals surface area contributed by atoms with E-state index in [1.165, 1.54) is 0 Å². The molecule has 0 spiro atoms. The van der Waals surface area contributed by atoms with Crippen LogP contribution in [0.2, 0.25) is 0 Å². The number of carbonyl (C=O) groups excluding carboxylic acids is 1. The van der Waals surface area contributed by atoms with E-state index in [1.807, 2.05) is 54.6 Å².